The largest absolute Gasteiger partial charge is 0.312 e. The van der Waals surface area contributed by atoms with Gasteiger partial charge in [0, 0.05) is 23.4 Å². The highest BCUT2D eigenvalue weighted by Gasteiger charge is 2.19. The van der Waals surface area contributed by atoms with E-state index in [9.17, 15) is 0 Å². The van der Waals surface area contributed by atoms with Gasteiger partial charge in [0.05, 0.1) is 0 Å². The minimum atomic E-state index is 0.882. The smallest absolute Gasteiger partial charge is 0.0410 e. The monoisotopic (exact) mass is 310 g/mol. The minimum absolute atomic E-state index is 0.882. The molecule has 1 aromatic rings. The molecule has 1 aromatic heterocycles. The van der Waals surface area contributed by atoms with E-state index < -0.39 is 0 Å². The molecule has 1 saturated carbocycles. The lowest BCUT2D eigenvalue weighted by Crippen LogP contribution is -2.26. The van der Waals surface area contributed by atoms with E-state index in [1.165, 1.54) is 37.7 Å². The Hall–Kier alpha value is -0.410. The summed E-state index contributed by atoms with van der Waals surface area (Å²) in [5.74, 6) is 1.88. The van der Waals surface area contributed by atoms with Gasteiger partial charge in [-0.3, -0.25) is 4.98 Å². The Balaban J connectivity index is 1.67. The zero-order chi connectivity index (χ0) is 12.8. The van der Waals surface area contributed by atoms with Crippen molar-refractivity contribution in [3.8, 4) is 0 Å². The fourth-order valence-electron chi connectivity index (χ4n) is 2.82. The van der Waals surface area contributed by atoms with E-state index in [0.29, 0.717) is 0 Å². The van der Waals surface area contributed by atoms with Crippen molar-refractivity contribution in [2.24, 2.45) is 11.8 Å². The molecule has 0 atom stereocenters. The molecule has 100 valence electrons. The average molecular weight is 311 g/mol. The fourth-order valence-corrected chi connectivity index (χ4v) is 3.23. The molecule has 0 radical (unpaired) electrons. The topological polar surface area (TPSA) is 24.9 Å². The molecule has 1 heterocycles. The van der Waals surface area contributed by atoms with Crippen LogP contribution in [0.5, 0.6) is 0 Å². The molecule has 18 heavy (non-hydrogen) atoms. The van der Waals surface area contributed by atoms with Crippen molar-refractivity contribution in [3.05, 3.63) is 28.5 Å². The van der Waals surface area contributed by atoms with Crippen molar-refractivity contribution in [1.82, 2.24) is 10.3 Å². The van der Waals surface area contributed by atoms with Gasteiger partial charge in [0.2, 0.25) is 0 Å². The molecule has 1 N–H and O–H groups in total. The molecule has 0 aliphatic heterocycles. The third kappa shape index (κ3) is 4.36. The summed E-state index contributed by atoms with van der Waals surface area (Å²) >= 11 is 3.45. The molecule has 1 fully saturated rings. The number of hydrogen-bond acceptors (Lipinski definition) is 2. The van der Waals surface area contributed by atoms with Crippen LogP contribution in [0.3, 0.4) is 0 Å². The van der Waals surface area contributed by atoms with Gasteiger partial charge in [-0.25, -0.2) is 0 Å². The summed E-state index contributed by atoms with van der Waals surface area (Å²) in [6.07, 6.45) is 10.8. The maximum Gasteiger partial charge on any atom is 0.0410 e. The average Bonchev–Trinajstić information content (AvgIpc) is 2.40. The van der Waals surface area contributed by atoms with Crippen LogP contribution in [-0.4, -0.2) is 11.5 Å². The zero-order valence-corrected chi connectivity index (χ0v) is 12.7. The molecule has 1 aliphatic rings. The molecule has 0 saturated heterocycles. The predicted octanol–water partition coefficient (Wildman–Crippen LogP) is 4.15. The standard InChI is InChI=1S/C15H23BrN2/c1-2-12-3-5-13(6-4-12)8-17-9-14-7-15(16)11-18-10-14/h7,10-13,17H,2-6,8-9H2,1H3. The Morgan fingerprint density at radius 2 is 1.94 bits per heavy atom. The van der Waals surface area contributed by atoms with Crippen LogP contribution in [0, 0.1) is 11.8 Å². The van der Waals surface area contributed by atoms with E-state index in [1.54, 1.807) is 0 Å². The van der Waals surface area contributed by atoms with Crippen molar-refractivity contribution in [1.29, 1.82) is 0 Å². The van der Waals surface area contributed by atoms with Gasteiger partial charge in [0.1, 0.15) is 0 Å². The molecule has 0 spiro atoms. The third-order valence-corrected chi connectivity index (χ3v) is 4.50. The molecular weight excluding hydrogens is 288 g/mol. The SMILES string of the molecule is CCC1CCC(CNCc2cncc(Br)c2)CC1. The van der Waals surface area contributed by atoms with E-state index in [1.807, 2.05) is 12.4 Å². The zero-order valence-electron chi connectivity index (χ0n) is 11.2. The molecule has 0 bridgehead atoms. The minimum Gasteiger partial charge on any atom is -0.312 e. The van der Waals surface area contributed by atoms with Crippen molar-refractivity contribution < 1.29 is 0 Å². The van der Waals surface area contributed by atoms with Gasteiger partial charge >= 0.3 is 0 Å². The molecule has 1 aliphatic carbocycles. The van der Waals surface area contributed by atoms with Crippen LogP contribution in [0.25, 0.3) is 0 Å². The second-order valence-corrected chi connectivity index (χ2v) is 6.35. The highest BCUT2D eigenvalue weighted by Crippen LogP contribution is 2.30. The number of nitrogens with zero attached hydrogens (tertiary/aromatic N) is 1. The predicted molar refractivity (Wildman–Crippen MR) is 79.4 cm³/mol. The van der Waals surface area contributed by atoms with Gasteiger partial charge in [0.15, 0.2) is 0 Å². The van der Waals surface area contributed by atoms with Crippen LogP contribution >= 0.6 is 15.9 Å². The fraction of sp³-hybridized carbons (Fsp3) is 0.667. The van der Waals surface area contributed by atoms with Crippen molar-refractivity contribution in [2.75, 3.05) is 6.54 Å². The van der Waals surface area contributed by atoms with Crippen LogP contribution in [0.1, 0.15) is 44.6 Å². The molecule has 3 heteroatoms. The second-order valence-electron chi connectivity index (χ2n) is 5.44. The summed E-state index contributed by atoms with van der Waals surface area (Å²) in [4.78, 5) is 4.18. The first kappa shape index (κ1) is 14.0. The second kappa shape index (κ2) is 7.25. The van der Waals surface area contributed by atoms with Gasteiger partial charge < -0.3 is 5.32 Å². The van der Waals surface area contributed by atoms with E-state index in [0.717, 1.165) is 29.4 Å². The summed E-state index contributed by atoms with van der Waals surface area (Å²) in [5, 5.41) is 3.57. The molecule has 0 unspecified atom stereocenters. The first-order valence-electron chi connectivity index (χ1n) is 7.08. The molecule has 2 rings (SSSR count). The number of rotatable bonds is 5. The lowest BCUT2D eigenvalue weighted by atomic mass is 9.81. The van der Waals surface area contributed by atoms with Gasteiger partial charge in [-0.1, -0.05) is 26.2 Å². The summed E-state index contributed by atoms with van der Waals surface area (Å²) in [5.41, 5.74) is 1.26. The Bertz CT molecular complexity index is 359. The quantitative estimate of drug-likeness (QED) is 0.883. The maximum atomic E-state index is 4.18. The number of halogens is 1. The van der Waals surface area contributed by atoms with Crippen LogP contribution in [0.2, 0.25) is 0 Å². The summed E-state index contributed by atoms with van der Waals surface area (Å²) in [7, 11) is 0. The van der Waals surface area contributed by atoms with Crippen LogP contribution in [-0.2, 0) is 6.54 Å². The number of hydrogen-bond donors (Lipinski definition) is 1. The first-order chi connectivity index (χ1) is 8.78. The van der Waals surface area contributed by atoms with Crippen molar-refractivity contribution in [3.63, 3.8) is 0 Å². The van der Waals surface area contributed by atoms with E-state index in [-0.39, 0.29) is 0 Å². The third-order valence-electron chi connectivity index (χ3n) is 4.07. The van der Waals surface area contributed by atoms with Crippen molar-refractivity contribution >= 4 is 15.9 Å². The first-order valence-corrected chi connectivity index (χ1v) is 7.87. The van der Waals surface area contributed by atoms with Crippen LogP contribution < -0.4 is 5.32 Å². The highest BCUT2D eigenvalue weighted by molar-refractivity contribution is 9.10. The molecule has 0 aromatic carbocycles. The van der Waals surface area contributed by atoms with E-state index >= 15 is 0 Å². The van der Waals surface area contributed by atoms with Crippen molar-refractivity contribution in [2.45, 2.75) is 45.6 Å². The van der Waals surface area contributed by atoms with E-state index in [4.69, 9.17) is 0 Å². The Morgan fingerprint density at radius 3 is 2.61 bits per heavy atom. The number of nitrogens with one attached hydrogen (secondary N) is 1. The Kier molecular flexibility index (Phi) is 5.64. The van der Waals surface area contributed by atoms with Gasteiger partial charge in [-0.2, -0.15) is 0 Å². The summed E-state index contributed by atoms with van der Waals surface area (Å²) < 4.78 is 1.06. The lowest BCUT2D eigenvalue weighted by Gasteiger charge is -2.27. The van der Waals surface area contributed by atoms with Crippen LogP contribution in [0.15, 0.2) is 22.9 Å². The number of aromatic nitrogens is 1. The van der Waals surface area contributed by atoms with Gasteiger partial charge in [-0.05, 0) is 58.8 Å². The number of pyridine rings is 1. The lowest BCUT2D eigenvalue weighted by molar-refractivity contribution is 0.262. The van der Waals surface area contributed by atoms with E-state index in [2.05, 4.69) is 39.2 Å². The summed E-state index contributed by atoms with van der Waals surface area (Å²) in [6, 6.07) is 2.13. The Morgan fingerprint density at radius 1 is 1.22 bits per heavy atom. The Labute approximate surface area is 119 Å². The van der Waals surface area contributed by atoms with Crippen LogP contribution in [0.4, 0.5) is 0 Å². The highest BCUT2D eigenvalue weighted by atomic mass is 79.9. The molecule has 2 nitrogen and oxygen atoms in total. The van der Waals surface area contributed by atoms with Gasteiger partial charge in [-0.15, -0.1) is 0 Å². The summed E-state index contributed by atoms with van der Waals surface area (Å²) in [6.45, 7) is 4.41. The molecular formula is C15H23BrN2. The normalized spacial score (nSPS) is 24.1. The molecule has 0 amide bonds. The van der Waals surface area contributed by atoms with Gasteiger partial charge in [0.25, 0.3) is 0 Å². The maximum absolute atomic E-state index is 4.18.